The van der Waals surface area contributed by atoms with Crippen LogP contribution in [0.1, 0.15) is 177 Å². The molecule has 0 amide bonds. The number of hydrogen-bond acceptors (Lipinski definition) is 2. The summed E-state index contributed by atoms with van der Waals surface area (Å²) in [5.41, 5.74) is 0. The molecule has 6 heteroatoms. The molecule has 0 spiro atoms. The van der Waals surface area contributed by atoms with Crippen molar-refractivity contribution in [3.05, 3.63) is 0 Å². The van der Waals surface area contributed by atoms with Gasteiger partial charge in [-0.05, 0) is 81.1 Å². The molecular formula is C34H80B2N4. The maximum absolute atomic E-state index is 4.68. The Labute approximate surface area is 262 Å². The Hall–Kier alpha value is -0.930. The van der Waals surface area contributed by atoms with E-state index in [0.29, 0.717) is 24.2 Å². The van der Waals surface area contributed by atoms with E-state index in [2.05, 4.69) is 75.2 Å². The summed E-state index contributed by atoms with van der Waals surface area (Å²) in [7, 11) is 0. The first-order valence-corrected chi connectivity index (χ1v) is 16.9. The molecule has 40 heavy (non-hydrogen) atoms. The van der Waals surface area contributed by atoms with Crippen LogP contribution in [-0.4, -0.2) is 75.6 Å². The Morgan fingerprint density at radius 3 is 0.825 bits per heavy atom. The van der Waals surface area contributed by atoms with Gasteiger partial charge in [0.15, 0.2) is 0 Å². The predicted octanol–water partition coefficient (Wildman–Crippen LogP) is 10.8. The molecule has 2 heterocycles. The lowest BCUT2D eigenvalue weighted by molar-refractivity contribution is 0.311. The third-order valence-electron chi connectivity index (χ3n) is 4.82. The number of likely N-dealkylation sites (tertiary alicyclic amines) is 2. The van der Waals surface area contributed by atoms with Crippen molar-refractivity contribution in [3.63, 3.8) is 0 Å². The molecule has 0 aliphatic carbocycles. The van der Waals surface area contributed by atoms with Gasteiger partial charge in [-0.2, -0.15) is 0 Å². The lowest BCUT2D eigenvalue weighted by Crippen LogP contribution is -2.40. The first kappa shape index (κ1) is 58.7. The van der Waals surface area contributed by atoms with Crippen molar-refractivity contribution < 1.29 is 0 Å². The Morgan fingerprint density at radius 1 is 0.425 bits per heavy atom. The third kappa shape index (κ3) is 35.1. The fraction of sp³-hybridized carbons (Fsp3) is 0.941. The van der Waals surface area contributed by atoms with Gasteiger partial charge in [-0.15, -0.1) is 0 Å². The van der Waals surface area contributed by atoms with E-state index in [1.54, 1.807) is 0 Å². The van der Waals surface area contributed by atoms with E-state index in [1.807, 2.05) is 83.1 Å². The van der Waals surface area contributed by atoms with E-state index in [-0.39, 0.29) is 16.8 Å². The van der Waals surface area contributed by atoms with Gasteiger partial charge in [-0.25, -0.2) is 0 Å². The van der Waals surface area contributed by atoms with Crippen LogP contribution < -0.4 is 0 Å². The number of amidine groups is 2. The van der Waals surface area contributed by atoms with Crippen molar-refractivity contribution in [2.75, 3.05) is 13.1 Å². The summed E-state index contributed by atoms with van der Waals surface area (Å²) in [4.78, 5) is 14.3. The summed E-state index contributed by atoms with van der Waals surface area (Å²) in [5.74, 6) is 2.66. The quantitative estimate of drug-likeness (QED) is 0.317. The summed E-state index contributed by atoms with van der Waals surface area (Å²) in [6.07, 6.45) is 7.64. The van der Waals surface area contributed by atoms with Crippen LogP contribution in [0.25, 0.3) is 0 Å². The van der Waals surface area contributed by atoms with Crippen LogP contribution in [-0.2, 0) is 0 Å². The average molecular weight is 567 g/mol. The highest BCUT2D eigenvalue weighted by Crippen LogP contribution is 2.16. The van der Waals surface area contributed by atoms with Crippen molar-refractivity contribution in [1.29, 1.82) is 0 Å². The Kier molecular flexibility index (Phi) is 70.1. The molecule has 0 N–H and O–H groups in total. The number of hydrogen-bond donors (Lipinski definition) is 0. The van der Waals surface area contributed by atoms with E-state index >= 15 is 0 Å². The van der Waals surface area contributed by atoms with Crippen molar-refractivity contribution in [2.45, 2.75) is 201 Å². The van der Waals surface area contributed by atoms with Gasteiger partial charge >= 0.3 is 0 Å². The van der Waals surface area contributed by atoms with Crippen LogP contribution in [0.4, 0.5) is 0 Å². The molecule has 242 valence electrons. The standard InChI is InChI=1S/2C11H22N2.6C2H6.2B/c2*1-9(2)12-11-7-5-6-8-13(11)10(3)4;6*1-2;;/h2*9-10H,5-8H2,1-4H3;6*1-2H3;;. The van der Waals surface area contributed by atoms with E-state index in [4.69, 9.17) is 0 Å². The maximum Gasteiger partial charge on any atom is 0.0994 e. The molecule has 6 radical (unpaired) electrons. The highest BCUT2D eigenvalue weighted by molar-refractivity contribution is 5.83. The van der Waals surface area contributed by atoms with Gasteiger partial charge < -0.3 is 9.80 Å². The first-order valence-electron chi connectivity index (χ1n) is 16.9. The molecule has 0 bridgehead atoms. The monoisotopic (exact) mass is 567 g/mol. The van der Waals surface area contributed by atoms with Gasteiger partial charge in [-0.1, -0.05) is 83.1 Å². The summed E-state index contributed by atoms with van der Waals surface area (Å²) in [6, 6.07) is 2.10. The highest BCUT2D eigenvalue weighted by Gasteiger charge is 2.19. The lowest BCUT2D eigenvalue weighted by Gasteiger charge is -2.34. The molecule has 2 rings (SSSR count). The second-order valence-electron chi connectivity index (χ2n) is 8.77. The van der Waals surface area contributed by atoms with Gasteiger partial charge in [-0.3, -0.25) is 9.98 Å². The van der Waals surface area contributed by atoms with Crippen LogP contribution in [0, 0.1) is 0 Å². The summed E-state index contributed by atoms with van der Waals surface area (Å²) in [5, 5.41) is 0. The predicted molar refractivity (Wildman–Crippen MR) is 196 cm³/mol. The normalized spacial score (nSPS) is 15.2. The smallest absolute Gasteiger partial charge is 0.0994 e. The number of piperidine rings is 2. The molecule has 4 nitrogen and oxygen atoms in total. The zero-order valence-corrected chi connectivity index (χ0v) is 31.9. The molecule has 2 fully saturated rings. The number of aliphatic imine (C=N–C) groups is 2. The molecule has 2 aliphatic heterocycles. The minimum absolute atomic E-state index is 0. The molecule has 0 atom stereocenters. The van der Waals surface area contributed by atoms with Gasteiger partial charge in [0, 0.05) is 66.9 Å². The van der Waals surface area contributed by atoms with Crippen molar-refractivity contribution in [2.24, 2.45) is 9.98 Å². The highest BCUT2D eigenvalue weighted by atomic mass is 15.2. The van der Waals surface area contributed by atoms with Crippen LogP contribution in [0.15, 0.2) is 9.98 Å². The maximum atomic E-state index is 4.68. The topological polar surface area (TPSA) is 31.2 Å². The molecule has 0 aromatic heterocycles. The van der Waals surface area contributed by atoms with Gasteiger partial charge in [0.25, 0.3) is 0 Å². The van der Waals surface area contributed by atoms with Crippen molar-refractivity contribution in [3.8, 4) is 0 Å². The molecule has 0 aromatic rings. The second-order valence-corrected chi connectivity index (χ2v) is 8.77. The minimum Gasteiger partial charge on any atom is -0.358 e. The third-order valence-corrected chi connectivity index (χ3v) is 4.82. The van der Waals surface area contributed by atoms with Crippen LogP contribution >= 0.6 is 0 Å². The van der Waals surface area contributed by atoms with Gasteiger partial charge in [0.2, 0.25) is 0 Å². The van der Waals surface area contributed by atoms with E-state index in [1.165, 1.54) is 63.3 Å². The van der Waals surface area contributed by atoms with Crippen LogP contribution in [0.2, 0.25) is 0 Å². The fourth-order valence-electron chi connectivity index (χ4n) is 3.66. The van der Waals surface area contributed by atoms with E-state index in [0.717, 1.165) is 0 Å². The lowest BCUT2D eigenvalue weighted by atomic mass is 10.1. The molecule has 0 unspecified atom stereocenters. The summed E-state index contributed by atoms with van der Waals surface area (Å²) >= 11 is 0. The second kappa shape index (κ2) is 47.8. The van der Waals surface area contributed by atoms with Crippen LogP contribution in [0.3, 0.4) is 0 Å². The Balaban J connectivity index is -0.0000000598. The minimum atomic E-state index is 0. The summed E-state index contributed by atoms with van der Waals surface area (Å²) in [6.45, 7) is 44.0. The van der Waals surface area contributed by atoms with Crippen molar-refractivity contribution in [1.82, 2.24) is 9.80 Å². The van der Waals surface area contributed by atoms with Crippen molar-refractivity contribution >= 4 is 28.5 Å². The Bertz CT molecular complexity index is 421. The molecule has 2 saturated heterocycles. The molecule has 2 aliphatic rings. The van der Waals surface area contributed by atoms with Gasteiger partial charge in [0.1, 0.15) is 0 Å². The molecule has 0 saturated carbocycles. The number of nitrogens with zero attached hydrogens (tertiary/aromatic N) is 4. The first-order chi connectivity index (χ1) is 18.2. The molecular weight excluding hydrogens is 486 g/mol. The SMILES string of the molecule is CC.CC.CC.CC.CC.CC.CC(C)N=C1CCCCN1C(C)C.CC(C)N=C1CCCCN1C(C)C.[B].[B]. The largest absolute Gasteiger partial charge is 0.358 e. The van der Waals surface area contributed by atoms with Crippen LogP contribution in [0.5, 0.6) is 0 Å². The van der Waals surface area contributed by atoms with Gasteiger partial charge in [0.05, 0.1) is 11.7 Å². The number of rotatable bonds is 4. The molecule has 0 aromatic carbocycles. The average Bonchev–Trinajstić information content (AvgIpc) is 2.95. The zero-order chi connectivity index (χ0) is 31.7. The van der Waals surface area contributed by atoms with E-state index in [9.17, 15) is 0 Å². The fourth-order valence-corrected chi connectivity index (χ4v) is 3.66. The zero-order valence-electron chi connectivity index (χ0n) is 31.9. The Morgan fingerprint density at radius 2 is 0.650 bits per heavy atom. The summed E-state index contributed by atoms with van der Waals surface area (Å²) < 4.78 is 0. The van der Waals surface area contributed by atoms with E-state index < -0.39 is 0 Å².